The Kier molecular flexibility index (Phi) is 3.81. The Morgan fingerprint density at radius 1 is 1.18 bits per heavy atom. The lowest BCUT2D eigenvalue weighted by atomic mass is 10.0. The number of nitrogens with zero attached hydrogens (tertiary/aromatic N) is 2. The van der Waals surface area contributed by atoms with E-state index in [0.717, 1.165) is 29.4 Å². The van der Waals surface area contributed by atoms with Crippen molar-refractivity contribution in [3.8, 4) is 0 Å². The summed E-state index contributed by atoms with van der Waals surface area (Å²) in [5, 5.41) is 0. The fourth-order valence-electron chi connectivity index (χ4n) is 1.81. The maximum Gasteiger partial charge on any atom is 0.137 e. The van der Waals surface area contributed by atoms with Crippen LogP contribution in [0.3, 0.4) is 0 Å². The zero-order chi connectivity index (χ0) is 12.1. The van der Waals surface area contributed by atoms with Gasteiger partial charge in [0.1, 0.15) is 5.78 Å². The van der Waals surface area contributed by atoms with E-state index in [1.165, 1.54) is 0 Å². The van der Waals surface area contributed by atoms with Gasteiger partial charge >= 0.3 is 0 Å². The number of unbranched alkanes of at least 4 members (excludes halogenated alkanes) is 1. The molecule has 3 nitrogen and oxygen atoms in total. The average molecular weight is 228 g/mol. The quantitative estimate of drug-likeness (QED) is 0.790. The highest BCUT2D eigenvalue weighted by Gasteiger charge is 2.04. The smallest absolute Gasteiger partial charge is 0.137 e. The summed E-state index contributed by atoms with van der Waals surface area (Å²) in [6.45, 7) is 2.10. The van der Waals surface area contributed by atoms with Crippen LogP contribution >= 0.6 is 0 Å². The fraction of sp³-hybridized carbons (Fsp3) is 0.357. The van der Waals surface area contributed by atoms with Crippen LogP contribution < -0.4 is 0 Å². The molecule has 0 spiro atoms. The predicted octanol–water partition coefficient (Wildman–Crippen LogP) is 2.93. The van der Waals surface area contributed by atoms with E-state index in [1.54, 1.807) is 12.4 Å². The number of carbonyl (C=O) groups is 1. The molecule has 0 aliphatic rings. The van der Waals surface area contributed by atoms with Crippen LogP contribution in [0.25, 0.3) is 11.0 Å². The van der Waals surface area contributed by atoms with E-state index in [-0.39, 0.29) is 0 Å². The van der Waals surface area contributed by atoms with E-state index in [1.807, 2.05) is 18.2 Å². The summed E-state index contributed by atoms with van der Waals surface area (Å²) in [5.41, 5.74) is 2.75. The van der Waals surface area contributed by atoms with Crippen molar-refractivity contribution in [1.29, 1.82) is 0 Å². The highest BCUT2D eigenvalue weighted by atomic mass is 16.1. The summed E-state index contributed by atoms with van der Waals surface area (Å²) in [5.74, 6) is 0.301. The van der Waals surface area contributed by atoms with Gasteiger partial charge in [-0.05, 0) is 24.1 Å². The zero-order valence-corrected chi connectivity index (χ0v) is 10.0. The molecule has 0 atom stereocenters. The monoisotopic (exact) mass is 228 g/mol. The van der Waals surface area contributed by atoms with Crippen LogP contribution in [0.4, 0.5) is 0 Å². The Morgan fingerprint density at radius 2 is 1.94 bits per heavy atom. The van der Waals surface area contributed by atoms with Crippen LogP contribution in [0.5, 0.6) is 0 Å². The summed E-state index contributed by atoms with van der Waals surface area (Å²) < 4.78 is 0. The molecule has 88 valence electrons. The van der Waals surface area contributed by atoms with Crippen LogP contribution in [0, 0.1) is 0 Å². The van der Waals surface area contributed by atoms with Crippen molar-refractivity contribution in [2.45, 2.75) is 32.6 Å². The van der Waals surface area contributed by atoms with Crippen LogP contribution in [-0.2, 0) is 11.2 Å². The molecule has 0 amide bonds. The van der Waals surface area contributed by atoms with Gasteiger partial charge in [-0.15, -0.1) is 0 Å². The Morgan fingerprint density at radius 3 is 2.71 bits per heavy atom. The second kappa shape index (κ2) is 5.53. The van der Waals surface area contributed by atoms with Gasteiger partial charge in [-0.2, -0.15) is 0 Å². The largest absolute Gasteiger partial charge is 0.299 e. The number of hydrogen-bond donors (Lipinski definition) is 0. The molecule has 3 heteroatoms. The average Bonchev–Trinajstić information content (AvgIpc) is 2.36. The minimum Gasteiger partial charge on any atom is -0.299 e. The second-order valence-electron chi connectivity index (χ2n) is 4.20. The van der Waals surface area contributed by atoms with Crippen molar-refractivity contribution in [2.24, 2.45) is 0 Å². The first-order valence-corrected chi connectivity index (χ1v) is 6.01. The van der Waals surface area contributed by atoms with Crippen LogP contribution in [0.15, 0.2) is 30.6 Å². The molecule has 1 heterocycles. The molecule has 2 aromatic rings. The summed E-state index contributed by atoms with van der Waals surface area (Å²) in [6.07, 6.45) is 6.57. The lowest BCUT2D eigenvalue weighted by Crippen LogP contribution is -2.02. The summed E-state index contributed by atoms with van der Waals surface area (Å²) in [7, 11) is 0. The minimum absolute atomic E-state index is 0.301. The van der Waals surface area contributed by atoms with E-state index in [9.17, 15) is 4.79 Å². The van der Waals surface area contributed by atoms with Crippen molar-refractivity contribution >= 4 is 16.8 Å². The molecule has 0 saturated heterocycles. The number of fused-ring (bicyclic) bond motifs is 1. The molecule has 0 aliphatic carbocycles. The van der Waals surface area contributed by atoms with Crippen molar-refractivity contribution in [1.82, 2.24) is 9.97 Å². The first-order valence-electron chi connectivity index (χ1n) is 6.01. The third-order valence-corrected chi connectivity index (χ3v) is 2.74. The number of benzene rings is 1. The second-order valence-corrected chi connectivity index (χ2v) is 4.20. The number of rotatable bonds is 5. The number of Topliss-reactive ketones (excluding diaryl/α,β-unsaturated/α-hetero) is 1. The van der Waals surface area contributed by atoms with E-state index in [2.05, 4.69) is 16.9 Å². The molecule has 0 saturated carbocycles. The number of hydrogen-bond acceptors (Lipinski definition) is 3. The van der Waals surface area contributed by atoms with Gasteiger partial charge in [0.15, 0.2) is 0 Å². The molecule has 0 fully saturated rings. The third kappa shape index (κ3) is 3.09. The molecule has 0 aliphatic heterocycles. The van der Waals surface area contributed by atoms with Gasteiger partial charge in [0.25, 0.3) is 0 Å². The lowest BCUT2D eigenvalue weighted by molar-refractivity contribution is -0.118. The number of carbonyl (C=O) groups excluding carboxylic acids is 1. The van der Waals surface area contributed by atoms with Gasteiger partial charge in [-0.1, -0.05) is 19.4 Å². The molecule has 0 unspecified atom stereocenters. The molecule has 1 aromatic heterocycles. The van der Waals surface area contributed by atoms with Crippen molar-refractivity contribution in [3.05, 3.63) is 36.2 Å². The Labute approximate surface area is 101 Å². The third-order valence-electron chi connectivity index (χ3n) is 2.74. The molecule has 1 aromatic carbocycles. The maximum absolute atomic E-state index is 11.7. The van der Waals surface area contributed by atoms with Gasteiger partial charge in [0.05, 0.1) is 11.0 Å². The molecule has 0 N–H and O–H groups in total. The Hall–Kier alpha value is -1.77. The molecular weight excluding hydrogens is 212 g/mol. The van der Waals surface area contributed by atoms with E-state index < -0.39 is 0 Å². The highest BCUT2D eigenvalue weighted by Crippen LogP contribution is 2.12. The lowest BCUT2D eigenvalue weighted by Gasteiger charge is -2.02. The Balaban J connectivity index is 2.11. The molecule has 0 radical (unpaired) electrons. The molecule has 17 heavy (non-hydrogen) atoms. The standard InChI is InChI=1S/C14H16N2O/c1-2-3-4-12(17)9-11-5-6-13-14(10-11)16-8-7-15-13/h5-8,10H,2-4,9H2,1H3. The number of aromatic nitrogens is 2. The van der Waals surface area contributed by atoms with E-state index >= 15 is 0 Å². The first-order chi connectivity index (χ1) is 8.29. The van der Waals surface area contributed by atoms with E-state index in [0.29, 0.717) is 18.6 Å². The topological polar surface area (TPSA) is 42.9 Å². The minimum atomic E-state index is 0.301. The van der Waals surface area contributed by atoms with Crippen molar-refractivity contribution in [2.75, 3.05) is 0 Å². The van der Waals surface area contributed by atoms with Crippen LogP contribution in [0.2, 0.25) is 0 Å². The Bertz CT molecular complexity index is 522. The first kappa shape index (κ1) is 11.7. The summed E-state index contributed by atoms with van der Waals surface area (Å²) in [6, 6.07) is 5.83. The summed E-state index contributed by atoms with van der Waals surface area (Å²) in [4.78, 5) is 20.1. The van der Waals surface area contributed by atoms with Gasteiger partial charge in [-0.25, -0.2) is 0 Å². The van der Waals surface area contributed by atoms with E-state index in [4.69, 9.17) is 0 Å². The summed E-state index contributed by atoms with van der Waals surface area (Å²) >= 11 is 0. The van der Waals surface area contributed by atoms with Crippen LogP contribution in [-0.4, -0.2) is 15.8 Å². The maximum atomic E-state index is 11.7. The molecule has 0 bridgehead atoms. The highest BCUT2D eigenvalue weighted by molar-refractivity contribution is 5.82. The normalized spacial score (nSPS) is 10.6. The fourth-order valence-corrected chi connectivity index (χ4v) is 1.81. The molecular formula is C14H16N2O. The van der Waals surface area contributed by atoms with Crippen molar-refractivity contribution in [3.63, 3.8) is 0 Å². The zero-order valence-electron chi connectivity index (χ0n) is 10.0. The number of ketones is 1. The SMILES string of the molecule is CCCCC(=O)Cc1ccc2nccnc2c1. The van der Waals surface area contributed by atoms with Gasteiger partial charge in [-0.3, -0.25) is 14.8 Å². The van der Waals surface area contributed by atoms with Crippen LogP contribution in [0.1, 0.15) is 31.7 Å². The van der Waals surface area contributed by atoms with Crippen molar-refractivity contribution < 1.29 is 4.79 Å². The molecule has 2 rings (SSSR count). The van der Waals surface area contributed by atoms with Gasteiger partial charge in [0.2, 0.25) is 0 Å². The van der Waals surface area contributed by atoms with Gasteiger partial charge in [0, 0.05) is 25.2 Å². The predicted molar refractivity (Wildman–Crippen MR) is 67.8 cm³/mol. The van der Waals surface area contributed by atoms with Gasteiger partial charge < -0.3 is 0 Å².